The maximum atomic E-state index is 13.5. The zero-order valence-electron chi connectivity index (χ0n) is 15.0. The summed E-state index contributed by atoms with van der Waals surface area (Å²) in [5.41, 5.74) is 1.58. The minimum atomic E-state index is -4.39. The van der Waals surface area contributed by atoms with Crippen molar-refractivity contribution in [1.82, 2.24) is 0 Å². The fourth-order valence-corrected chi connectivity index (χ4v) is 2.41. The molecule has 0 fully saturated rings. The average molecular weight is 375 g/mol. The third kappa shape index (κ3) is 5.70. The lowest BCUT2D eigenvalue weighted by Gasteiger charge is -2.17. The second-order valence-corrected chi connectivity index (χ2v) is 5.68. The number of hydrazone groups is 1. The fraction of sp³-hybridized carbons (Fsp3) is 0.200. The molecule has 0 N–H and O–H groups in total. The summed E-state index contributed by atoms with van der Waals surface area (Å²) in [6.45, 7) is 3.30. The molecule has 0 bridgehead atoms. The Kier molecular flexibility index (Phi) is 6.76. The van der Waals surface area contributed by atoms with Crippen LogP contribution in [0, 0.1) is 0 Å². The Morgan fingerprint density at radius 2 is 1.70 bits per heavy atom. The molecule has 0 amide bonds. The van der Waals surface area contributed by atoms with E-state index in [0.717, 1.165) is 11.8 Å². The molecular formula is C20H20F3N3O. The highest BCUT2D eigenvalue weighted by Crippen LogP contribution is 2.37. The molecule has 0 saturated carbocycles. The number of alkyl halides is 3. The maximum absolute atomic E-state index is 13.5. The van der Waals surface area contributed by atoms with Crippen LogP contribution in [0.2, 0.25) is 0 Å². The van der Waals surface area contributed by atoms with E-state index in [1.807, 2.05) is 0 Å². The molecule has 0 aliphatic heterocycles. The van der Waals surface area contributed by atoms with Gasteiger partial charge in [0.1, 0.15) is 12.1 Å². The summed E-state index contributed by atoms with van der Waals surface area (Å²) >= 11 is 0. The third-order valence-electron chi connectivity index (χ3n) is 3.88. The summed E-state index contributed by atoms with van der Waals surface area (Å²) < 4.78 is 45.4. The molecule has 142 valence electrons. The summed E-state index contributed by atoms with van der Waals surface area (Å²) in [5, 5.41) is 5.59. The number of aliphatic imine (C=N–C) groups is 1. The van der Waals surface area contributed by atoms with Gasteiger partial charge in [0.25, 0.3) is 0 Å². The molecule has 7 heteroatoms. The largest absolute Gasteiger partial charge is 0.497 e. The second-order valence-electron chi connectivity index (χ2n) is 5.68. The van der Waals surface area contributed by atoms with Crippen molar-refractivity contribution in [1.29, 1.82) is 0 Å². The number of anilines is 1. The van der Waals surface area contributed by atoms with E-state index in [-0.39, 0.29) is 5.56 Å². The van der Waals surface area contributed by atoms with Gasteiger partial charge in [-0.15, -0.1) is 0 Å². The van der Waals surface area contributed by atoms with Crippen LogP contribution in [0.15, 0.2) is 64.7 Å². The molecule has 2 aromatic carbocycles. The van der Waals surface area contributed by atoms with Gasteiger partial charge in [0.2, 0.25) is 0 Å². The van der Waals surface area contributed by atoms with E-state index in [4.69, 9.17) is 4.74 Å². The molecule has 0 aliphatic rings. The molecule has 27 heavy (non-hydrogen) atoms. The van der Waals surface area contributed by atoms with Crippen LogP contribution in [0.4, 0.5) is 18.9 Å². The first-order valence-corrected chi connectivity index (χ1v) is 8.06. The Labute approximate surface area is 156 Å². The van der Waals surface area contributed by atoms with Crippen LogP contribution in [0.5, 0.6) is 5.75 Å². The average Bonchev–Trinajstić information content (AvgIpc) is 2.66. The minimum Gasteiger partial charge on any atom is -0.497 e. The van der Waals surface area contributed by atoms with Crippen LogP contribution < -0.4 is 9.75 Å². The van der Waals surface area contributed by atoms with Crippen molar-refractivity contribution in [2.45, 2.75) is 12.1 Å². The zero-order valence-corrected chi connectivity index (χ0v) is 15.0. The number of benzene rings is 2. The first-order valence-electron chi connectivity index (χ1n) is 8.06. The van der Waals surface area contributed by atoms with Crippen LogP contribution in [-0.2, 0) is 0 Å². The number of halogens is 3. The monoisotopic (exact) mass is 375 g/mol. The zero-order chi connectivity index (χ0) is 19.9. The Balaban J connectivity index is 2.20. The van der Waals surface area contributed by atoms with Gasteiger partial charge in [-0.2, -0.15) is 18.3 Å². The highest BCUT2D eigenvalue weighted by atomic mass is 19.4. The van der Waals surface area contributed by atoms with Crippen molar-refractivity contribution in [2.75, 3.05) is 19.2 Å². The van der Waals surface area contributed by atoms with E-state index in [1.165, 1.54) is 43.8 Å². The molecule has 2 rings (SSSR count). The normalized spacial score (nSPS) is 13.1. The van der Waals surface area contributed by atoms with Gasteiger partial charge in [-0.05, 0) is 42.1 Å². The summed E-state index contributed by atoms with van der Waals surface area (Å²) in [4.78, 5) is 3.52. The molecular weight excluding hydrogens is 355 g/mol. The standard InChI is InChI=1S/C20H20F3N3O/c1-24-14-25-26(2)17-9-4-15(5-10-17)6-13-19(20(21,22)23)16-7-11-18(27-3)12-8-16/h4-14,19H,1H2,2-3H3/b13-6+,25-14-. The van der Waals surface area contributed by atoms with Crippen LogP contribution >= 0.6 is 0 Å². The van der Waals surface area contributed by atoms with E-state index in [0.29, 0.717) is 11.3 Å². The van der Waals surface area contributed by atoms with Crippen molar-refractivity contribution < 1.29 is 17.9 Å². The second kappa shape index (κ2) is 9.02. The van der Waals surface area contributed by atoms with E-state index >= 15 is 0 Å². The summed E-state index contributed by atoms with van der Waals surface area (Å²) in [5.74, 6) is -1.19. The van der Waals surface area contributed by atoms with E-state index < -0.39 is 12.1 Å². The smallest absolute Gasteiger partial charge is 0.399 e. The summed E-state index contributed by atoms with van der Waals surface area (Å²) in [6.07, 6.45) is -0.477. The SMILES string of the molecule is C=N/C=N\N(C)c1ccc(/C=C/C(c2ccc(OC)cc2)C(F)(F)F)cc1. The number of allylic oxidation sites excluding steroid dienone is 1. The quantitative estimate of drug-likeness (QED) is 0.382. The van der Waals surface area contributed by atoms with Gasteiger partial charge in [-0.1, -0.05) is 36.4 Å². The van der Waals surface area contributed by atoms with E-state index in [2.05, 4.69) is 16.8 Å². The number of ether oxygens (including phenoxy) is 1. The fourth-order valence-electron chi connectivity index (χ4n) is 2.41. The predicted molar refractivity (Wildman–Crippen MR) is 104 cm³/mol. The van der Waals surface area contributed by atoms with Crippen molar-refractivity contribution in [3.63, 3.8) is 0 Å². The van der Waals surface area contributed by atoms with Crippen LogP contribution in [-0.4, -0.2) is 33.4 Å². The topological polar surface area (TPSA) is 37.2 Å². The maximum Gasteiger partial charge on any atom is 0.399 e. The van der Waals surface area contributed by atoms with E-state index in [9.17, 15) is 13.2 Å². The summed E-state index contributed by atoms with van der Waals surface area (Å²) in [6, 6.07) is 12.8. The number of rotatable bonds is 7. The van der Waals surface area contributed by atoms with Gasteiger partial charge in [0, 0.05) is 7.05 Å². The Morgan fingerprint density at radius 3 is 2.22 bits per heavy atom. The molecule has 1 unspecified atom stereocenters. The molecule has 1 atom stereocenters. The Hall–Kier alpha value is -3.09. The van der Waals surface area contributed by atoms with Gasteiger partial charge >= 0.3 is 6.18 Å². The molecule has 0 aliphatic carbocycles. The first kappa shape index (κ1) is 20.2. The number of nitrogens with zero attached hydrogens (tertiary/aromatic N) is 3. The number of methoxy groups -OCH3 is 1. The molecule has 0 aromatic heterocycles. The van der Waals surface area contributed by atoms with Crippen molar-refractivity contribution >= 4 is 24.8 Å². The van der Waals surface area contributed by atoms with E-state index in [1.54, 1.807) is 36.3 Å². The van der Waals surface area contributed by atoms with Crippen molar-refractivity contribution in [3.05, 3.63) is 65.7 Å². The first-order chi connectivity index (χ1) is 12.8. The summed E-state index contributed by atoms with van der Waals surface area (Å²) in [7, 11) is 3.20. The lowest BCUT2D eigenvalue weighted by molar-refractivity contribution is -0.139. The Morgan fingerprint density at radius 1 is 1.07 bits per heavy atom. The van der Waals surface area contributed by atoms with Gasteiger partial charge in [-0.3, -0.25) is 10.0 Å². The van der Waals surface area contributed by atoms with Crippen LogP contribution in [0.3, 0.4) is 0 Å². The van der Waals surface area contributed by atoms with Crippen molar-refractivity contribution in [2.24, 2.45) is 10.1 Å². The lowest BCUT2D eigenvalue weighted by atomic mass is 9.97. The molecule has 0 radical (unpaired) electrons. The van der Waals surface area contributed by atoms with Gasteiger partial charge in [-0.25, -0.2) is 0 Å². The van der Waals surface area contributed by atoms with Crippen LogP contribution in [0.1, 0.15) is 17.0 Å². The lowest BCUT2D eigenvalue weighted by Crippen LogP contribution is -2.18. The number of hydrogen-bond donors (Lipinski definition) is 0. The molecule has 0 heterocycles. The third-order valence-corrected chi connectivity index (χ3v) is 3.88. The minimum absolute atomic E-state index is 0.155. The molecule has 2 aromatic rings. The highest BCUT2D eigenvalue weighted by Gasteiger charge is 2.38. The number of hydrogen-bond acceptors (Lipinski definition) is 3. The molecule has 4 nitrogen and oxygen atoms in total. The highest BCUT2D eigenvalue weighted by molar-refractivity contribution is 5.64. The predicted octanol–water partition coefficient (Wildman–Crippen LogP) is 5.13. The molecule has 0 saturated heterocycles. The van der Waals surface area contributed by atoms with Gasteiger partial charge in [0.05, 0.1) is 18.7 Å². The van der Waals surface area contributed by atoms with Gasteiger partial charge < -0.3 is 4.74 Å². The Bertz CT molecular complexity index is 797. The molecule has 0 spiro atoms. The van der Waals surface area contributed by atoms with Crippen molar-refractivity contribution in [3.8, 4) is 5.75 Å². The van der Waals surface area contributed by atoms with Gasteiger partial charge in [0.15, 0.2) is 0 Å². The van der Waals surface area contributed by atoms with Crippen LogP contribution in [0.25, 0.3) is 6.08 Å².